The number of anilines is 5. The summed E-state index contributed by atoms with van der Waals surface area (Å²) in [5, 5.41) is 10.6. The van der Waals surface area contributed by atoms with Crippen LogP contribution in [0.3, 0.4) is 0 Å². The molecule has 370 valence electrons. The molecule has 0 radical (unpaired) electrons. The maximum atomic E-state index is 15.5. The summed E-state index contributed by atoms with van der Waals surface area (Å²) in [6.07, 6.45) is 7.81. The normalized spacial score (nSPS) is 17.7. The number of nitrogens with one attached hydrogen (secondary N) is 3. The monoisotopic (exact) mass is 1040 g/mol. The minimum Gasteiger partial charge on any atom is -0.492 e. The number of benzene rings is 3. The fourth-order valence-electron chi connectivity index (χ4n) is 10.4. The average Bonchev–Trinajstić information content (AvgIpc) is 3.60. The minimum atomic E-state index is -2.80. The third-order valence-electron chi connectivity index (χ3n) is 14.0. The van der Waals surface area contributed by atoms with Crippen molar-refractivity contribution in [3.63, 3.8) is 0 Å². The molecule has 2 amide bonds. The average molecular weight is 1040 g/mol. The predicted molar refractivity (Wildman–Crippen MR) is 277 cm³/mol. The third-order valence-corrected chi connectivity index (χ3v) is 16.1. The number of piperazine rings is 1. The molecular formula is C50H61BrFN12O5P. The summed E-state index contributed by atoms with van der Waals surface area (Å²) in [5.74, 6) is 1.08. The molecular weight excluding hydrogens is 979 g/mol. The van der Waals surface area contributed by atoms with Gasteiger partial charge in [-0.2, -0.15) is 4.98 Å². The van der Waals surface area contributed by atoms with E-state index in [0.717, 1.165) is 86.6 Å². The molecule has 3 N–H and O–H groups in total. The van der Waals surface area contributed by atoms with Crippen LogP contribution in [0.25, 0.3) is 21.9 Å². The molecule has 3 saturated heterocycles. The Balaban J connectivity index is 0.836. The molecule has 3 fully saturated rings. The Bertz CT molecular complexity index is 3090. The van der Waals surface area contributed by atoms with E-state index in [1.807, 2.05) is 26.0 Å². The van der Waals surface area contributed by atoms with E-state index < -0.39 is 24.8 Å². The number of imidazole rings is 1. The largest absolute Gasteiger partial charge is 0.492 e. The van der Waals surface area contributed by atoms with E-state index in [0.29, 0.717) is 81.6 Å². The van der Waals surface area contributed by atoms with E-state index in [4.69, 9.17) is 9.72 Å². The highest BCUT2D eigenvalue weighted by molar-refractivity contribution is 9.10. The van der Waals surface area contributed by atoms with E-state index in [2.05, 4.69) is 80.6 Å². The summed E-state index contributed by atoms with van der Waals surface area (Å²) in [6.45, 7) is 16.1. The van der Waals surface area contributed by atoms with Crippen LogP contribution in [-0.4, -0.2) is 122 Å². The highest BCUT2D eigenvalue weighted by Gasteiger charge is 2.33. The van der Waals surface area contributed by atoms with Gasteiger partial charge >= 0.3 is 5.69 Å². The number of hydrogen-bond acceptors (Lipinski definition) is 14. The lowest BCUT2D eigenvalue weighted by atomic mass is 9.99. The van der Waals surface area contributed by atoms with Crippen molar-refractivity contribution >= 4 is 91.0 Å². The number of piperidine rings is 2. The summed E-state index contributed by atoms with van der Waals surface area (Å²) >= 11 is 3.62. The molecule has 3 aliphatic heterocycles. The van der Waals surface area contributed by atoms with Crippen molar-refractivity contribution in [3.05, 3.63) is 86.5 Å². The smallest absolute Gasteiger partial charge is 0.329 e. The number of carbonyl (C=O) groups excluding carboxylic acids is 2. The minimum absolute atomic E-state index is 0.143. The van der Waals surface area contributed by atoms with E-state index in [1.165, 1.54) is 20.8 Å². The molecule has 1 unspecified atom stereocenters. The Morgan fingerprint density at radius 1 is 0.900 bits per heavy atom. The number of rotatable bonds is 15. The molecule has 0 saturated carbocycles. The zero-order valence-corrected chi connectivity index (χ0v) is 43.1. The Hall–Kier alpha value is -5.75. The van der Waals surface area contributed by atoms with Gasteiger partial charge in [0, 0.05) is 112 Å². The highest BCUT2D eigenvalue weighted by Crippen LogP contribution is 2.42. The van der Waals surface area contributed by atoms with Crippen LogP contribution in [0.2, 0.25) is 0 Å². The van der Waals surface area contributed by atoms with E-state index in [-0.39, 0.29) is 24.6 Å². The lowest BCUT2D eigenvalue weighted by Gasteiger charge is -2.43. The van der Waals surface area contributed by atoms with Crippen LogP contribution in [0.15, 0.2) is 58.1 Å². The van der Waals surface area contributed by atoms with Gasteiger partial charge in [0.2, 0.25) is 17.8 Å². The number of imide groups is 1. The third kappa shape index (κ3) is 9.94. The summed E-state index contributed by atoms with van der Waals surface area (Å²) in [5.41, 5.74) is 5.58. The van der Waals surface area contributed by atoms with Crippen LogP contribution in [0, 0.1) is 5.82 Å². The number of ether oxygens (including phenoxy) is 1. The van der Waals surface area contributed by atoms with Crippen molar-refractivity contribution in [3.8, 4) is 5.75 Å². The van der Waals surface area contributed by atoms with Crippen molar-refractivity contribution < 1.29 is 23.3 Å². The zero-order valence-electron chi connectivity index (χ0n) is 40.6. The fourth-order valence-corrected chi connectivity index (χ4v) is 12.2. The fraction of sp³-hybridized carbons (Fsp3) is 0.460. The van der Waals surface area contributed by atoms with Gasteiger partial charge in [0.1, 0.15) is 36.4 Å². The van der Waals surface area contributed by atoms with Crippen LogP contribution >= 0.6 is 23.1 Å². The summed E-state index contributed by atoms with van der Waals surface area (Å²) in [7, 11) is -1.18. The van der Waals surface area contributed by atoms with Gasteiger partial charge in [0.05, 0.1) is 39.0 Å². The van der Waals surface area contributed by atoms with Crippen LogP contribution in [-0.2, 0) is 40.5 Å². The summed E-state index contributed by atoms with van der Waals surface area (Å²) < 4.78 is 39.0. The molecule has 3 aliphatic rings. The van der Waals surface area contributed by atoms with Gasteiger partial charge in [0.25, 0.3) is 0 Å². The van der Waals surface area contributed by atoms with Crippen molar-refractivity contribution in [1.82, 2.24) is 44.2 Å². The van der Waals surface area contributed by atoms with Gasteiger partial charge < -0.3 is 29.7 Å². The van der Waals surface area contributed by atoms with Crippen molar-refractivity contribution in [2.24, 2.45) is 7.05 Å². The van der Waals surface area contributed by atoms with Crippen LogP contribution < -0.4 is 36.6 Å². The zero-order chi connectivity index (χ0) is 49.4. The first kappa shape index (κ1) is 49.2. The van der Waals surface area contributed by atoms with Crippen molar-refractivity contribution in [2.45, 2.75) is 77.8 Å². The molecule has 6 heterocycles. The lowest BCUT2D eigenvalue weighted by molar-refractivity contribution is -0.135. The second kappa shape index (κ2) is 20.5. The number of fused-ring (bicyclic) bond motifs is 2. The molecule has 0 spiro atoms. The van der Waals surface area contributed by atoms with E-state index in [9.17, 15) is 18.9 Å². The number of aryl methyl sites for hydroxylation is 3. The van der Waals surface area contributed by atoms with Crippen LogP contribution in [0.4, 0.5) is 33.2 Å². The SMILES string of the molecule is CCOc1cc(N2CCC(N3CCN(CCc4c(F)ccc5c4n(C)c(=O)n5C4CCC(=O)NC4=O)CC3)CC2)c(CC)cc1Nc1ncc(Br)c(Nc2ccc3nc(CC)ncc3c2P(C)(C)=O)n1. The first-order valence-corrected chi connectivity index (χ1v) is 27.7. The van der Waals surface area contributed by atoms with E-state index in [1.54, 1.807) is 38.8 Å². The standard InChI is InChI=1S/C50H61BrFN12O5P/c1-7-30-26-38(57-49-54-29-34(51)47(59-49)56-37-12-11-36-33(46(37)70(5,6)68)28-53-43(8-2)55-36)42(69-9-3)27-41(30)63-20-16-31(17-21-63)62-24-22-61(23-25-62)19-18-32-35(52)10-13-39-45(32)60(4)50(67)64(39)40-14-15-44(65)58-48(40)66/h10-13,26-29,31,40H,7-9,14-25H2,1-6H3,(H,58,65,66)(H2,54,56,57,59). The molecule has 3 aromatic heterocycles. The molecule has 3 aromatic carbocycles. The molecule has 70 heavy (non-hydrogen) atoms. The molecule has 1 atom stereocenters. The molecule has 0 aliphatic carbocycles. The Morgan fingerprint density at radius 2 is 1.67 bits per heavy atom. The molecule has 17 nitrogen and oxygen atoms in total. The molecule has 6 aromatic rings. The second-order valence-electron chi connectivity index (χ2n) is 18.7. The summed E-state index contributed by atoms with van der Waals surface area (Å²) in [4.78, 5) is 64.1. The summed E-state index contributed by atoms with van der Waals surface area (Å²) in [6, 6.07) is 10.7. The van der Waals surface area contributed by atoms with Gasteiger partial charge in [-0.15, -0.1) is 0 Å². The van der Waals surface area contributed by atoms with Gasteiger partial charge in [-0.25, -0.2) is 24.1 Å². The van der Waals surface area contributed by atoms with Crippen molar-refractivity contribution in [1.29, 1.82) is 0 Å². The van der Waals surface area contributed by atoms with Gasteiger partial charge in [-0.3, -0.25) is 28.9 Å². The van der Waals surface area contributed by atoms with Gasteiger partial charge in [-0.1, -0.05) is 13.8 Å². The van der Waals surface area contributed by atoms with E-state index >= 15 is 4.39 Å². The topological polar surface area (TPSA) is 185 Å². The number of nitrogens with zero attached hydrogens (tertiary/aromatic N) is 9. The maximum absolute atomic E-state index is 15.5. The number of aromatic nitrogens is 6. The van der Waals surface area contributed by atoms with Gasteiger partial charge in [0.15, 0.2) is 0 Å². The molecule has 9 rings (SSSR count). The van der Waals surface area contributed by atoms with Crippen molar-refractivity contribution in [2.75, 3.05) is 81.3 Å². The highest BCUT2D eigenvalue weighted by atomic mass is 79.9. The number of amides is 2. The lowest BCUT2D eigenvalue weighted by Crippen LogP contribution is -2.53. The maximum Gasteiger partial charge on any atom is 0.329 e. The number of carbonyl (C=O) groups is 2. The Kier molecular flexibility index (Phi) is 14.4. The van der Waals surface area contributed by atoms with Crippen LogP contribution in [0.5, 0.6) is 5.75 Å². The Labute approximate surface area is 415 Å². The first-order chi connectivity index (χ1) is 33.6. The molecule has 0 bridgehead atoms. The van der Waals surface area contributed by atoms with Gasteiger partial charge in [-0.05, 0) is 104 Å². The Morgan fingerprint density at radius 3 is 2.37 bits per heavy atom. The first-order valence-electron chi connectivity index (χ1n) is 24.3. The number of hydrogen-bond donors (Lipinski definition) is 3. The quantitative estimate of drug-likeness (QED) is 0.0703. The predicted octanol–water partition coefficient (Wildman–Crippen LogP) is 7.04. The second-order valence-corrected chi connectivity index (χ2v) is 22.7. The number of halogens is 2. The molecule has 20 heteroatoms. The van der Waals surface area contributed by atoms with Crippen LogP contribution in [0.1, 0.15) is 69.4 Å².